The van der Waals surface area contributed by atoms with Crippen LogP contribution in [0.25, 0.3) is 11.1 Å². The summed E-state index contributed by atoms with van der Waals surface area (Å²) < 4.78 is 5.62. The van der Waals surface area contributed by atoms with E-state index >= 15 is 0 Å². The number of carbonyl (C=O) groups is 3. The fraction of sp³-hybridized carbons (Fsp3) is 0.423. The normalized spacial score (nSPS) is 20.6. The van der Waals surface area contributed by atoms with Crippen LogP contribution in [0.3, 0.4) is 0 Å². The molecule has 7 nitrogen and oxygen atoms in total. The van der Waals surface area contributed by atoms with E-state index in [9.17, 15) is 19.5 Å². The van der Waals surface area contributed by atoms with Gasteiger partial charge in [0.25, 0.3) is 0 Å². The average Bonchev–Trinajstić information content (AvgIpc) is 3.15. The summed E-state index contributed by atoms with van der Waals surface area (Å²) in [4.78, 5) is 39.1. The van der Waals surface area contributed by atoms with Gasteiger partial charge in [-0.1, -0.05) is 55.0 Å². The maximum atomic E-state index is 13.3. The van der Waals surface area contributed by atoms with Gasteiger partial charge in [0, 0.05) is 30.5 Å². The lowest BCUT2D eigenvalue weighted by Crippen LogP contribution is -2.59. The number of ether oxygens (including phenoxy) is 1. The predicted molar refractivity (Wildman–Crippen MR) is 130 cm³/mol. The van der Waals surface area contributed by atoms with Crippen molar-refractivity contribution in [2.45, 2.75) is 31.2 Å². The van der Waals surface area contributed by atoms with Crippen molar-refractivity contribution in [1.82, 2.24) is 10.2 Å². The first-order valence-electron chi connectivity index (χ1n) is 11.7. The number of alkyl carbamates (subject to hydrolysis) is 1. The summed E-state index contributed by atoms with van der Waals surface area (Å²) in [6, 6.07) is 15.5. The predicted octanol–water partition coefficient (Wildman–Crippen LogP) is 3.72. The molecule has 2 amide bonds. The summed E-state index contributed by atoms with van der Waals surface area (Å²) >= 11 is 1.55. The van der Waals surface area contributed by atoms with Gasteiger partial charge in [-0.15, -0.1) is 0 Å². The Morgan fingerprint density at radius 1 is 1.06 bits per heavy atom. The van der Waals surface area contributed by atoms with E-state index < -0.39 is 23.5 Å². The van der Waals surface area contributed by atoms with Crippen molar-refractivity contribution in [2.24, 2.45) is 5.41 Å². The minimum atomic E-state index is -0.973. The molecule has 1 atom stereocenters. The number of carboxylic acids is 1. The summed E-state index contributed by atoms with van der Waals surface area (Å²) in [5.74, 6) is -0.0351. The van der Waals surface area contributed by atoms with Crippen LogP contribution < -0.4 is 5.32 Å². The largest absolute Gasteiger partial charge is 0.480 e. The number of carboxylic acid groups (broad SMARTS) is 1. The number of amides is 2. The van der Waals surface area contributed by atoms with Crippen LogP contribution in [0.15, 0.2) is 48.5 Å². The van der Waals surface area contributed by atoms with Gasteiger partial charge in [-0.3, -0.25) is 4.79 Å². The van der Waals surface area contributed by atoms with Crippen LogP contribution in [0.4, 0.5) is 4.79 Å². The molecule has 1 saturated heterocycles. The molecule has 2 aromatic carbocycles. The van der Waals surface area contributed by atoms with Crippen LogP contribution in [0.1, 0.15) is 36.3 Å². The van der Waals surface area contributed by atoms with E-state index in [1.165, 1.54) is 16.0 Å². The molecule has 0 aromatic heterocycles. The molecule has 34 heavy (non-hydrogen) atoms. The summed E-state index contributed by atoms with van der Waals surface area (Å²) in [6.07, 6.45) is 1.62. The average molecular weight is 481 g/mol. The molecule has 1 aliphatic heterocycles. The molecular weight excluding hydrogens is 452 g/mol. The Kier molecular flexibility index (Phi) is 6.25. The highest BCUT2D eigenvalue weighted by atomic mass is 32.2. The molecule has 1 heterocycles. The third-order valence-electron chi connectivity index (χ3n) is 7.35. The number of aliphatic carboxylic acids is 1. The second-order valence-corrected chi connectivity index (χ2v) is 10.4. The molecule has 2 fully saturated rings. The third kappa shape index (κ3) is 4.04. The quantitative estimate of drug-likeness (QED) is 0.654. The van der Waals surface area contributed by atoms with Crippen molar-refractivity contribution in [3.8, 4) is 11.1 Å². The second-order valence-electron chi connectivity index (χ2n) is 9.24. The molecule has 0 radical (unpaired) electrons. The Labute approximate surface area is 202 Å². The van der Waals surface area contributed by atoms with E-state index in [-0.39, 0.29) is 25.0 Å². The number of thioether (sulfide) groups is 1. The number of fused-ring (bicyclic) bond motifs is 3. The summed E-state index contributed by atoms with van der Waals surface area (Å²) in [7, 11) is 0. The van der Waals surface area contributed by atoms with Gasteiger partial charge in [0.2, 0.25) is 5.91 Å². The number of rotatable bonds is 6. The zero-order valence-corrected chi connectivity index (χ0v) is 19.7. The number of nitrogens with one attached hydrogen (secondary N) is 1. The molecule has 0 bridgehead atoms. The maximum Gasteiger partial charge on any atom is 0.407 e. The highest BCUT2D eigenvalue weighted by Crippen LogP contribution is 2.45. The SMILES string of the molecule is O=C(NCC1(C(=O)N2CCSCC2C(=O)O)CCC1)OCC1c2ccccc2-c2ccccc21. The molecule has 5 rings (SSSR count). The molecular formula is C26H28N2O5S. The molecule has 0 spiro atoms. The zero-order valence-electron chi connectivity index (χ0n) is 18.9. The standard InChI is InChI=1S/C26H28N2O5S/c29-23(30)22-15-34-13-12-28(22)24(31)26(10-5-11-26)16-27-25(32)33-14-21-19-8-3-1-6-17(19)18-7-2-4-9-20(18)21/h1-4,6-9,21-22H,5,10-16H2,(H,27,32)(H,29,30). The summed E-state index contributed by atoms with van der Waals surface area (Å²) in [5.41, 5.74) is 3.88. The maximum absolute atomic E-state index is 13.3. The first kappa shape index (κ1) is 22.8. The van der Waals surface area contributed by atoms with Gasteiger partial charge in [0.15, 0.2) is 0 Å². The third-order valence-corrected chi connectivity index (χ3v) is 8.38. The van der Waals surface area contributed by atoms with Gasteiger partial charge in [0.05, 0.1) is 5.41 Å². The van der Waals surface area contributed by atoms with Crippen molar-refractivity contribution >= 4 is 29.7 Å². The minimum absolute atomic E-state index is 0.0281. The lowest BCUT2D eigenvalue weighted by molar-refractivity contribution is -0.157. The number of hydrogen-bond acceptors (Lipinski definition) is 5. The Bertz CT molecular complexity index is 1070. The molecule has 8 heteroatoms. The Morgan fingerprint density at radius 2 is 1.71 bits per heavy atom. The van der Waals surface area contributed by atoms with Crippen molar-refractivity contribution in [1.29, 1.82) is 0 Å². The van der Waals surface area contributed by atoms with E-state index in [2.05, 4.69) is 29.6 Å². The molecule has 1 saturated carbocycles. The Hall–Kier alpha value is -3.00. The van der Waals surface area contributed by atoms with E-state index in [1.807, 2.05) is 24.3 Å². The molecule has 2 aromatic rings. The van der Waals surface area contributed by atoms with Crippen LogP contribution in [-0.4, -0.2) is 65.2 Å². The van der Waals surface area contributed by atoms with Crippen LogP contribution in [-0.2, 0) is 14.3 Å². The van der Waals surface area contributed by atoms with Crippen molar-refractivity contribution in [3.63, 3.8) is 0 Å². The van der Waals surface area contributed by atoms with Crippen LogP contribution in [0, 0.1) is 5.41 Å². The second kappa shape index (κ2) is 9.33. The lowest BCUT2D eigenvalue weighted by atomic mass is 9.67. The van der Waals surface area contributed by atoms with Crippen LogP contribution in [0.2, 0.25) is 0 Å². The lowest BCUT2D eigenvalue weighted by Gasteiger charge is -2.45. The zero-order chi connectivity index (χ0) is 23.7. The highest BCUT2D eigenvalue weighted by Gasteiger charge is 2.49. The van der Waals surface area contributed by atoms with Crippen molar-refractivity contribution in [2.75, 3.05) is 31.2 Å². The van der Waals surface area contributed by atoms with Gasteiger partial charge in [-0.2, -0.15) is 11.8 Å². The molecule has 2 aliphatic carbocycles. The van der Waals surface area contributed by atoms with Gasteiger partial charge in [-0.05, 0) is 35.1 Å². The fourth-order valence-corrected chi connectivity index (χ4v) is 6.35. The van der Waals surface area contributed by atoms with E-state index in [4.69, 9.17) is 4.74 Å². The Balaban J connectivity index is 1.22. The Morgan fingerprint density at radius 3 is 2.29 bits per heavy atom. The highest BCUT2D eigenvalue weighted by molar-refractivity contribution is 7.99. The first-order chi connectivity index (χ1) is 16.5. The summed E-state index contributed by atoms with van der Waals surface area (Å²) in [5, 5.41) is 12.3. The smallest absolute Gasteiger partial charge is 0.407 e. The van der Waals surface area contributed by atoms with Crippen LogP contribution in [0.5, 0.6) is 0 Å². The van der Waals surface area contributed by atoms with Gasteiger partial charge in [0.1, 0.15) is 12.6 Å². The minimum Gasteiger partial charge on any atom is -0.480 e. The number of hydrogen-bond donors (Lipinski definition) is 2. The summed E-state index contributed by atoms with van der Waals surface area (Å²) in [6.45, 7) is 0.802. The van der Waals surface area contributed by atoms with Crippen molar-refractivity contribution < 1.29 is 24.2 Å². The van der Waals surface area contributed by atoms with Gasteiger partial charge >= 0.3 is 12.1 Å². The van der Waals surface area contributed by atoms with Crippen molar-refractivity contribution in [3.05, 3.63) is 59.7 Å². The topological polar surface area (TPSA) is 95.9 Å². The molecule has 178 valence electrons. The fourth-order valence-electron chi connectivity index (χ4n) is 5.32. The van der Waals surface area contributed by atoms with E-state index in [1.54, 1.807) is 11.8 Å². The van der Waals surface area contributed by atoms with Crippen LogP contribution >= 0.6 is 11.8 Å². The number of benzene rings is 2. The van der Waals surface area contributed by atoms with E-state index in [0.717, 1.165) is 23.3 Å². The van der Waals surface area contributed by atoms with E-state index in [0.29, 0.717) is 25.1 Å². The molecule has 2 N–H and O–H groups in total. The molecule has 3 aliphatic rings. The molecule has 1 unspecified atom stereocenters. The monoisotopic (exact) mass is 480 g/mol. The number of nitrogens with zero attached hydrogens (tertiary/aromatic N) is 1. The first-order valence-corrected chi connectivity index (χ1v) is 12.9. The van der Waals surface area contributed by atoms with Gasteiger partial charge < -0.3 is 20.1 Å². The number of carbonyl (C=O) groups excluding carboxylic acids is 2. The van der Waals surface area contributed by atoms with Gasteiger partial charge in [-0.25, -0.2) is 9.59 Å².